The SMILES string of the molecule is CCNc1ncnc(N2CCC(C)(C)CC2)c1Br. The van der Waals surface area contributed by atoms with Gasteiger partial charge in [-0.2, -0.15) is 0 Å². The van der Waals surface area contributed by atoms with Crippen LogP contribution in [0.25, 0.3) is 0 Å². The molecule has 2 rings (SSSR count). The summed E-state index contributed by atoms with van der Waals surface area (Å²) in [6.45, 7) is 9.73. The number of rotatable bonds is 3. The Bertz CT molecular complexity index is 409. The van der Waals surface area contributed by atoms with Crippen LogP contribution in [0.1, 0.15) is 33.6 Å². The fourth-order valence-electron chi connectivity index (χ4n) is 2.20. The van der Waals surface area contributed by atoms with Crippen LogP contribution in [0.3, 0.4) is 0 Å². The fraction of sp³-hybridized carbons (Fsp3) is 0.692. The van der Waals surface area contributed by atoms with Crippen LogP contribution >= 0.6 is 15.9 Å². The van der Waals surface area contributed by atoms with Crippen LogP contribution in [-0.2, 0) is 0 Å². The molecule has 100 valence electrons. The first-order valence-electron chi connectivity index (χ1n) is 6.53. The van der Waals surface area contributed by atoms with E-state index in [2.05, 4.69) is 56.9 Å². The van der Waals surface area contributed by atoms with Gasteiger partial charge in [0, 0.05) is 19.6 Å². The first-order valence-corrected chi connectivity index (χ1v) is 7.32. The van der Waals surface area contributed by atoms with Crippen molar-refractivity contribution in [2.45, 2.75) is 33.6 Å². The molecule has 1 aromatic rings. The van der Waals surface area contributed by atoms with E-state index in [1.165, 1.54) is 12.8 Å². The largest absolute Gasteiger partial charge is 0.369 e. The number of hydrogen-bond donors (Lipinski definition) is 1. The van der Waals surface area contributed by atoms with Crippen molar-refractivity contribution < 1.29 is 0 Å². The molecule has 5 heteroatoms. The van der Waals surface area contributed by atoms with Crippen LogP contribution in [0.2, 0.25) is 0 Å². The highest BCUT2D eigenvalue weighted by Crippen LogP contribution is 2.35. The molecule has 0 aliphatic carbocycles. The molecule has 1 N–H and O–H groups in total. The molecule has 2 heterocycles. The van der Waals surface area contributed by atoms with Gasteiger partial charge in [-0.1, -0.05) is 13.8 Å². The molecular weight excluding hydrogens is 292 g/mol. The van der Waals surface area contributed by atoms with E-state index in [9.17, 15) is 0 Å². The van der Waals surface area contributed by atoms with Crippen molar-refractivity contribution in [1.82, 2.24) is 9.97 Å². The second-order valence-electron chi connectivity index (χ2n) is 5.54. The van der Waals surface area contributed by atoms with Crippen molar-refractivity contribution in [2.75, 3.05) is 29.9 Å². The summed E-state index contributed by atoms with van der Waals surface area (Å²) < 4.78 is 0.978. The van der Waals surface area contributed by atoms with Gasteiger partial charge in [-0.05, 0) is 41.1 Å². The first-order chi connectivity index (χ1) is 8.53. The molecular formula is C13H21BrN4. The zero-order valence-corrected chi connectivity index (χ0v) is 12.9. The van der Waals surface area contributed by atoms with Crippen molar-refractivity contribution in [3.63, 3.8) is 0 Å². The lowest BCUT2D eigenvalue weighted by molar-refractivity contribution is 0.279. The van der Waals surface area contributed by atoms with Crippen LogP contribution in [0.4, 0.5) is 11.6 Å². The van der Waals surface area contributed by atoms with Gasteiger partial charge < -0.3 is 10.2 Å². The van der Waals surface area contributed by atoms with Crippen molar-refractivity contribution >= 4 is 27.6 Å². The summed E-state index contributed by atoms with van der Waals surface area (Å²) in [7, 11) is 0. The van der Waals surface area contributed by atoms with Crippen LogP contribution in [0, 0.1) is 5.41 Å². The van der Waals surface area contributed by atoms with E-state index in [-0.39, 0.29) is 0 Å². The normalized spacial score (nSPS) is 18.8. The quantitative estimate of drug-likeness (QED) is 0.929. The Kier molecular flexibility index (Phi) is 4.10. The summed E-state index contributed by atoms with van der Waals surface area (Å²) in [5, 5.41) is 3.25. The van der Waals surface area contributed by atoms with E-state index in [4.69, 9.17) is 0 Å². The Balaban J connectivity index is 2.16. The number of hydrogen-bond acceptors (Lipinski definition) is 4. The zero-order chi connectivity index (χ0) is 13.2. The molecule has 1 aliphatic heterocycles. The fourth-order valence-corrected chi connectivity index (χ4v) is 2.79. The molecule has 1 saturated heterocycles. The second-order valence-corrected chi connectivity index (χ2v) is 6.33. The van der Waals surface area contributed by atoms with E-state index < -0.39 is 0 Å². The predicted octanol–water partition coefficient (Wildman–Crippen LogP) is 3.30. The van der Waals surface area contributed by atoms with Gasteiger partial charge in [0.25, 0.3) is 0 Å². The standard InChI is InChI=1S/C13H21BrN4/c1-4-15-11-10(14)12(17-9-16-11)18-7-5-13(2,3)6-8-18/h9H,4-8H2,1-3H3,(H,15,16,17). The molecule has 4 nitrogen and oxygen atoms in total. The van der Waals surface area contributed by atoms with Crippen LogP contribution in [0.5, 0.6) is 0 Å². The maximum atomic E-state index is 4.42. The smallest absolute Gasteiger partial charge is 0.148 e. The molecule has 0 aromatic carbocycles. The second kappa shape index (κ2) is 5.43. The minimum absolute atomic E-state index is 0.459. The Morgan fingerprint density at radius 1 is 1.33 bits per heavy atom. The number of halogens is 1. The van der Waals surface area contributed by atoms with Crippen molar-refractivity contribution in [3.8, 4) is 0 Å². The lowest BCUT2D eigenvalue weighted by Crippen LogP contribution is -2.38. The van der Waals surface area contributed by atoms with Gasteiger partial charge in [-0.15, -0.1) is 0 Å². The first kappa shape index (κ1) is 13.6. The summed E-state index contributed by atoms with van der Waals surface area (Å²) in [4.78, 5) is 11.0. The highest BCUT2D eigenvalue weighted by molar-refractivity contribution is 9.10. The Morgan fingerprint density at radius 2 is 2.00 bits per heavy atom. The maximum Gasteiger partial charge on any atom is 0.148 e. The highest BCUT2D eigenvalue weighted by Gasteiger charge is 2.27. The van der Waals surface area contributed by atoms with E-state index in [0.29, 0.717) is 5.41 Å². The monoisotopic (exact) mass is 312 g/mol. The lowest BCUT2D eigenvalue weighted by atomic mass is 9.83. The average Bonchev–Trinajstić information content (AvgIpc) is 2.33. The van der Waals surface area contributed by atoms with Gasteiger partial charge in [-0.3, -0.25) is 0 Å². The third-order valence-electron chi connectivity index (χ3n) is 3.53. The van der Waals surface area contributed by atoms with E-state index in [1.54, 1.807) is 6.33 Å². The van der Waals surface area contributed by atoms with Gasteiger partial charge in [-0.25, -0.2) is 9.97 Å². The molecule has 18 heavy (non-hydrogen) atoms. The lowest BCUT2D eigenvalue weighted by Gasteiger charge is -2.37. The number of nitrogens with zero attached hydrogens (tertiary/aromatic N) is 3. The summed E-state index contributed by atoms with van der Waals surface area (Å²) in [5.74, 6) is 1.89. The molecule has 0 atom stereocenters. The van der Waals surface area contributed by atoms with Crippen LogP contribution < -0.4 is 10.2 Å². The molecule has 0 amide bonds. The van der Waals surface area contributed by atoms with Gasteiger partial charge in [0.05, 0.1) is 0 Å². The summed E-state index contributed by atoms with van der Waals surface area (Å²) in [5.41, 5.74) is 0.459. The molecule has 1 aromatic heterocycles. The minimum atomic E-state index is 0.459. The third kappa shape index (κ3) is 2.94. The summed E-state index contributed by atoms with van der Waals surface area (Å²) in [6.07, 6.45) is 4.05. The third-order valence-corrected chi connectivity index (χ3v) is 4.26. The van der Waals surface area contributed by atoms with E-state index >= 15 is 0 Å². The molecule has 0 spiro atoms. The Labute approximate surface area is 117 Å². The Hall–Kier alpha value is -0.840. The van der Waals surface area contributed by atoms with Gasteiger partial charge in [0.15, 0.2) is 0 Å². The number of anilines is 2. The molecule has 0 bridgehead atoms. The Morgan fingerprint density at radius 3 is 2.61 bits per heavy atom. The summed E-state index contributed by atoms with van der Waals surface area (Å²) in [6, 6.07) is 0. The van der Waals surface area contributed by atoms with Gasteiger partial charge in [0.1, 0.15) is 22.4 Å². The van der Waals surface area contributed by atoms with Crippen LogP contribution in [-0.4, -0.2) is 29.6 Å². The van der Waals surface area contributed by atoms with E-state index in [1.807, 2.05) is 0 Å². The maximum absolute atomic E-state index is 4.42. The molecule has 0 unspecified atom stereocenters. The van der Waals surface area contributed by atoms with Crippen molar-refractivity contribution in [2.24, 2.45) is 5.41 Å². The predicted molar refractivity (Wildman–Crippen MR) is 79.1 cm³/mol. The average molecular weight is 313 g/mol. The topological polar surface area (TPSA) is 41.1 Å². The minimum Gasteiger partial charge on any atom is -0.369 e. The number of piperidine rings is 1. The summed E-state index contributed by atoms with van der Waals surface area (Å²) >= 11 is 3.62. The van der Waals surface area contributed by atoms with Gasteiger partial charge in [0.2, 0.25) is 0 Å². The van der Waals surface area contributed by atoms with Gasteiger partial charge >= 0.3 is 0 Å². The molecule has 1 fully saturated rings. The molecule has 0 radical (unpaired) electrons. The number of aromatic nitrogens is 2. The van der Waals surface area contributed by atoms with E-state index in [0.717, 1.165) is 35.7 Å². The van der Waals surface area contributed by atoms with Crippen LogP contribution in [0.15, 0.2) is 10.8 Å². The zero-order valence-electron chi connectivity index (χ0n) is 11.3. The molecule has 0 saturated carbocycles. The van der Waals surface area contributed by atoms with Crippen molar-refractivity contribution in [3.05, 3.63) is 10.8 Å². The van der Waals surface area contributed by atoms with Crippen molar-refractivity contribution in [1.29, 1.82) is 0 Å². The highest BCUT2D eigenvalue weighted by atomic mass is 79.9. The number of nitrogens with one attached hydrogen (secondary N) is 1. The molecule has 1 aliphatic rings.